The largest absolute Gasteiger partial charge is 0.491 e. The Bertz CT molecular complexity index is 1080. The zero-order chi connectivity index (χ0) is 21.8. The highest BCUT2D eigenvalue weighted by Crippen LogP contribution is 2.31. The van der Waals surface area contributed by atoms with Crippen LogP contribution in [0.25, 0.3) is 10.1 Å². The number of ether oxygens (including phenoxy) is 2. The minimum atomic E-state index is 0.193. The van der Waals surface area contributed by atoms with Crippen molar-refractivity contribution in [3.8, 4) is 5.75 Å². The molecule has 1 fully saturated rings. The second-order valence-corrected chi connectivity index (χ2v) is 9.15. The Morgan fingerprint density at radius 3 is 2.81 bits per heavy atom. The average Bonchev–Trinajstić information content (AvgIpc) is 3.31. The molecule has 0 atom stereocenters. The van der Waals surface area contributed by atoms with Crippen molar-refractivity contribution in [3.63, 3.8) is 0 Å². The number of Topliss-reactive ketones (excluding diaryl/α,β-unsaturated/α-hetero) is 1. The molecule has 0 amide bonds. The van der Waals surface area contributed by atoms with Crippen molar-refractivity contribution in [3.05, 3.63) is 53.4 Å². The quantitative estimate of drug-likeness (QED) is 0.520. The number of hydrogen-bond acceptors (Lipinski definition) is 7. The third-order valence-electron chi connectivity index (χ3n) is 6.19. The molecule has 2 aliphatic heterocycles. The first-order chi connectivity index (χ1) is 15.8. The van der Waals surface area contributed by atoms with Gasteiger partial charge in [0.2, 0.25) is 0 Å². The van der Waals surface area contributed by atoms with Gasteiger partial charge >= 0.3 is 0 Å². The maximum Gasteiger partial charge on any atom is 0.166 e. The number of nitrogens with one attached hydrogen (secondary N) is 1. The molecule has 1 aromatic heterocycles. The summed E-state index contributed by atoms with van der Waals surface area (Å²) in [7, 11) is 0. The minimum Gasteiger partial charge on any atom is -0.491 e. The van der Waals surface area contributed by atoms with Crippen molar-refractivity contribution in [2.75, 3.05) is 69.3 Å². The SMILES string of the molecule is O=C1CCNc2cc(OCCOCCN3CCN(c4cccc5sccc45)CC3)ccc21. The number of ketones is 1. The summed E-state index contributed by atoms with van der Waals surface area (Å²) in [5.41, 5.74) is 2.99. The van der Waals surface area contributed by atoms with Crippen molar-refractivity contribution in [1.82, 2.24) is 4.90 Å². The summed E-state index contributed by atoms with van der Waals surface area (Å²) in [4.78, 5) is 16.9. The van der Waals surface area contributed by atoms with Crippen LogP contribution < -0.4 is 15.0 Å². The van der Waals surface area contributed by atoms with Crippen LogP contribution in [0.1, 0.15) is 16.8 Å². The number of anilines is 2. The molecule has 0 saturated carbocycles. The van der Waals surface area contributed by atoms with Crippen LogP contribution in [0, 0.1) is 0 Å². The van der Waals surface area contributed by atoms with Gasteiger partial charge in [-0.2, -0.15) is 0 Å². The summed E-state index contributed by atoms with van der Waals surface area (Å²) >= 11 is 1.81. The topological polar surface area (TPSA) is 54.0 Å². The molecule has 2 aliphatic rings. The third kappa shape index (κ3) is 4.75. The molecule has 1 saturated heterocycles. The van der Waals surface area contributed by atoms with Crippen LogP contribution in [-0.2, 0) is 4.74 Å². The van der Waals surface area contributed by atoms with Crippen LogP contribution in [0.4, 0.5) is 11.4 Å². The monoisotopic (exact) mass is 451 g/mol. The normalized spacial score (nSPS) is 16.8. The van der Waals surface area contributed by atoms with E-state index in [1.54, 1.807) is 0 Å². The number of carbonyl (C=O) groups excluding carboxylic acids is 1. The van der Waals surface area contributed by atoms with Gasteiger partial charge in [-0.25, -0.2) is 0 Å². The number of carbonyl (C=O) groups is 1. The molecule has 0 spiro atoms. The molecule has 7 heteroatoms. The van der Waals surface area contributed by atoms with E-state index in [-0.39, 0.29) is 5.78 Å². The van der Waals surface area contributed by atoms with E-state index in [1.165, 1.54) is 15.8 Å². The average molecular weight is 452 g/mol. The molecule has 0 bridgehead atoms. The van der Waals surface area contributed by atoms with Crippen molar-refractivity contribution < 1.29 is 14.3 Å². The molecule has 5 rings (SSSR count). The van der Waals surface area contributed by atoms with Gasteiger partial charge in [-0.15, -0.1) is 11.3 Å². The highest BCUT2D eigenvalue weighted by molar-refractivity contribution is 7.17. The zero-order valence-corrected chi connectivity index (χ0v) is 19.0. The van der Waals surface area contributed by atoms with Crippen LogP contribution in [0.3, 0.4) is 0 Å². The molecule has 168 valence electrons. The number of piperazine rings is 1. The Kier molecular flexibility index (Phi) is 6.57. The van der Waals surface area contributed by atoms with E-state index in [4.69, 9.17) is 9.47 Å². The lowest BCUT2D eigenvalue weighted by Gasteiger charge is -2.36. The standard InChI is InChI=1S/C25H29N3O3S/c29-24-6-8-26-22-18-19(4-5-20(22)24)31-16-15-30-14-13-27-9-11-28(12-10-27)23-2-1-3-25-21(23)7-17-32-25/h1-5,7,17-18,26H,6,8-16H2. The van der Waals surface area contributed by atoms with Crippen molar-refractivity contribution in [2.45, 2.75) is 6.42 Å². The fourth-order valence-corrected chi connectivity index (χ4v) is 5.24. The first kappa shape index (κ1) is 21.2. The third-order valence-corrected chi connectivity index (χ3v) is 7.08. The lowest BCUT2D eigenvalue weighted by atomic mass is 10.0. The van der Waals surface area contributed by atoms with E-state index < -0.39 is 0 Å². The predicted molar refractivity (Wildman–Crippen MR) is 131 cm³/mol. The van der Waals surface area contributed by atoms with E-state index >= 15 is 0 Å². The minimum absolute atomic E-state index is 0.193. The van der Waals surface area contributed by atoms with Gasteiger partial charge in [0.25, 0.3) is 0 Å². The Morgan fingerprint density at radius 1 is 1.00 bits per heavy atom. The summed E-state index contributed by atoms with van der Waals surface area (Å²) in [5, 5.41) is 6.81. The molecular formula is C25H29N3O3S. The van der Waals surface area contributed by atoms with Crippen LogP contribution in [-0.4, -0.2) is 69.8 Å². The summed E-state index contributed by atoms with van der Waals surface area (Å²) in [6.07, 6.45) is 0.556. The fourth-order valence-electron chi connectivity index (χ4n) is 4.43. The summed E-state index contributed by atoms with van der Waals surface area (Å²) < 4.78 is 13.0. The number of hydrogen-bond donors (Lipinski definition) is 1. The highest BCUT2D eigenvalue weighted by Gasteiger charge is 2.19. The summed E-state index contributed by atoms with van der Waals surface area (Å²) in [6.45, 7) is 7.62. The van der Waals surface area contributed by atoms with Crippen LogP contribution in [0.2, 0.25) is 0 Å². The smallest absolute Gasteiger partial charge is 0.166 e. The van der Waals surface area contributed by atoms with Crippen LogP contribution in [0.15, 0.2) is 47.8 Å². The van der Waals surface area contributed by atoms with E-state index in [0.29, 0.717) is 32.8 Å². The fraction of sp³-hybridized carbons (Fsp3) is 0.400. The van der Waals surface area contributed by atoms with E-state index in [2.05, 4.69) is 44.8 Å². The molecule has 3 aromatic rings. The van der Waals surface area contributed by atoms with Gasteiger partial charge in [0.15, 0.2) is 5.78 Å². The van der Waals surface area contributed by atoms with Gasteiger partial charge in [0, 0.05) is 78.8 Å². The molecule has 2 aromatic carbocycles. The molecule has 0 aliphatic carbocycles. The molecular weight excluding hydrogens is 422 g/mol. The second-order valence-electron chi connectivity index (χ2n) is 8.21. The van der Waals surface area contributed by atoms with E-state index in [9.17, 15) is 4.79 Å². The number of nitrogens with zero attached hydrogens (tertiary/aromatic N) is 2. The molecule has 6 nitrogen and oxygen atoms in total. The first-order valence-electron chi connectivity index (χ1n) is 11.3. The Morgan fingerprint density at radius 2 is 1.91 bits per heavy atom. The Labute approximate surface area is 192 Å². The lowest BCUT2D eigenvalue weighted by Crippen LogP contribution is -2.47. The number of benzene rings is 2. The molecule has 0 radical (unpaired) electrons. The van der Waals surface area contributed by atoms with Gasteiger partial charge in [-0.05, 0) is 35.7 Å². The van der Waals surface area contributed by atoms with Gasteiger partial charge in [-0.3, -0.25) is 9.69 Å². The van der Waals surface area contributed by atoms with E-state index in [1.807, 2.05) is 29.5 Å². The van der Waals surface area contributed by atoms with Crippen LogP contribution in [0.5, 0.6) is 5.75 Å². The highest BCUT2D eigenvalue weighted by atomic mass is 32.1. The second kappa shape index (κ2) is 9.90. The zero-order valence-electron chi connectivity index (χ0n) is 18.2. The first-order valence-corrected chi connectivity index (χ1v) is 12.2. The van der Waals surface area contributed by atoms with Crippen molar-refractivity contribution >= 4 is 38.6 Å². The Hall–Kier alpha value is -2.61. The van der Waals surface area contributed by atoms with Gasteiger partial charge < -0.3 is 19.7 Å². The predicted octanol–water partition coefficient (Wildman–Crippen LogP) is 4.12. The lowest BCUT2D eigenvalue weighted by molar-refractivity contribution is 0.0783. The molecule has 3 heterocycles. The Balaban J connectivity index is 0.998. The van der Waals surface area contributed by atoms with E-state index in [0.717, 1.165) is 49.7 Å². The van der Waals surface area contributed by atoms with Crippen molar-refractivity contribution in [2.24, 2.45) is 0 Å². The number of thiophene rings is 1. The number of rotatable bonds is 8. The van der Waals surface area contributed by atoms with Gasteiger partial charge in [0.05, 0.1) is 13.2 Å². The molecule has 0 unspecified atom stereocenters. The molecule has 32 heavy (non-hydrogen) atoms. The maximum atomic E-state index is 11.9. The summed E-state index contributed by atoms with van der Waals surface area (Å²) in [5.74, 6) is 0.962. The number of fused-ring (bicyclic) bond motifs is 2. The van der Waals surface area contributed by atoms with Crippen LogP contribution >= 0.6 is 11.3 Å². The molecule has 1 N–H and O–H groups in total. The van der Waals surface area contributed by atoms with Crippen molar-refractivity contribution in [1.29, 1.82) is 0 Å². The summed E-state index contributed by atoms with van der Waals surface area (Å²) in [6, 6.07) is 14.4. The van der Waals surface area contributed by atoms with Gasteiger partial charge in [0.1, 0.15) is 12.4 Å². The van der Waals surface area contributed by atoms with Gasteiger partial charge in [-0.1, -0.05) is 6.07 Å². The maximum absolute atomic E-state index is 11.9.